The van der Waals surface area contributed by atoms with Crippen LogP contribution in [-0.4, -0.2) is 71.0 Å². The number of aryl methyl sites for hydroxylation is 1. The molecule has 5 rings (SSSR count). The second kappa shape index (κ2) is 17.5. The standard InChI is InChI=1S/C34H37N9O3S3/c1-22-8-7-11-24(18-22)38-33(46)41-30-31(45)43(27-13-6-5-12-26(27)29(40-30)23-9-3-2-4-10-23)15-17-48-21-28(44)37-14-16-47-19-25-20-49-34(39-25)42-32(35)36/h2-13,18,20,30H,14-17,19,21H2,1H3,(H,37,44)(H2,38,41,46)(H4,35,36,39,42). The molecule has 1 aliphatic heterocycles. The maximum Gasteiger partial charge on any atom is 0.321 e. The predicted molar refractivity (Wildman–Crippen MR) is 202 cm³/mol. The molecule has 4 amide bonds. The number of benzene rings is 3. The third-order valence-corrected chi connectivity index (χ3v) is 9.79. The number of thiazole rings is 1. The third kappa shape index (κ3) is 10.3. The van der Waals surface area contributed by atoms with Gasteiger partial charge in [0.1, 0.15) is 0 Å². The van der Waals surface area contributed by atoms with Crippen molar-refractivity contribution in [1.82, 2.24) is 15.6 Å². The number of para-hydroxylation sites is 1. The quantitative estimate of drug-likeness (QED) is 0.0721. The molecule has 7 N–H and O–H groups in total. The minimum atomic E-state index is -1.18. The number of aliphatic imine (C=N–C) groups is 2. The number of benzodiazepines with no additional fused rings is 1. The van der Waals surface area contributed by atoms with Gasteiger partial charge in [0.05, 0.1) is 22.8 Å². The molecule has 15 heteroatoms. The summed E-state index contributed by atoms with van der Waals surface area (Å²) in [5, 5.41) is 11.0. The molecule has 12 nitrogen and oxygen atoms in total. The van der Waals surface area contributed by atoms with E-state index in [2.05, 4.69) is 25.9 Å². The van der Waals surface area contributed by atoms with Gasteiger partial charge in [-0.25, -0.2) is 14.8 Å². The number of guanidine groups is 1. The molecule has 0 fully saturated rings. The smallest absolute Gasteiger partial charge is 0.321 e. The first-order chi connectivity index (χ1) is 23.8. The molecule has 254 valence electrons. The number of rotatable bonds is 14. The summed E-state index contributed by atoms with van der Waals surface area (Å²) in [7, 11) is 0. The fraction of sp³-hybridized carbons (Fsp3) is 0.235. The summed E-state index contributed by atoms with van der Waals surface area (Å²) in [6.07, 6.45) is -1.18. The zero-order valence-corrected chi connectivity index (χ0v) is 29.2. The number of carbonyl (C=O) groups excluding carboxylic acids is 3. The molecule has 1 aliphatic rings. The molecule has 49 heavy (non-hydrogen) atoms. The molecule has 1 unspecified atom stereocenters. The summed E-state index contributed by atoms with van der Waals surface area (Å²) >= 11 is 4.45. The Bertz CT molecular complexity index is 1830. The number of thioether (sulfide) groups is 2. The van der Waals surface area contributed by atoms with Crippen LogP contribution in [0.4, 0.5) is 21.3 Å². The highest BCUT2D eigenvalue weighted by Gasteiger charge is 2.33. The van der Waals surface area contributed by atoms with E-state index in [1.807, 2.05) is 85.1 Å². The normalized spacial score (nSPS) is 13.9. The summed E-state index contributed by atoms with van der Waals surface area (Å²) in [4.78, 5) is 54.5. The average molecular weight is 716 g/mol. The van der Waals surface area contributed by atoms with Crippen LogP contribution in [0.3, 0.4) is 0 Å². The van der Waals surface area contributed by atoms with Crippen molar-refractivity contribution in [2.45, 2.75) is 18.8 Å². The van der Waals surface area contributed by atoms with Gasteiger partial charge in [-0.15, -0.1) is 11.3 Å². The van der Waals surface area contributed by atoms with Crippen LogP contribution in [0.5, 0.6) is 0 Å². The summed E-state index contributed by atoms with van der Waals surface area (Å²) < 4.78 is 0. The van der Waals surface area contributed by atoms with Crippen LogP contribution >= 0.6 is 34.9 Å². The van der Waals surface area contributed by atoms with Crippen molar-refractivity contribution in [3.63, 3.8) is 0 Å². The second-order valence-electron chi connectivity index (χ2n) is 10.8. The van der Waals surface area contributed by atoms with Gasteiger partial charge in [-0.1, -0.05) is 60.7 Å². The van der Waals surface area contributed by atoms with Crippen molar-refractivity contribution < 1.29 is 14.4 Å². The van der Waals surface area contributed by atoms with Gasteiger partial charge in [-0.2, -0.15) is 28.5 Å². The molecule has 3 aromatic carbocycles. The highest BCUT2D eigenvalue weighted by Crippen LogP contribution is 2.29. The first-order valence-corrected chi connectivity index (χ1v) is 18.6. The van der Waals surface area contributed by atoms with Crippen LogP contribution in [0.1, 0.15) is 22.4 Å². The number of nitrogens with zero attached hydrogens (tertiary/aromatic N) is 4. The van der Waals surface area contributed by atoms with Crippen molar-refractivity contribution in [2.24, 2.45) is 21.5 Å². The lowest BCUT2D eigenvalue weighted by Gasteiger charge is -2.25. The molecular weight excluding hydrogens is 679 g/mol. The Kier molecular flexibility index (Phi) is 12.7. The Hall–Kier alpha value is -4.86. The van der Waals surface area contributed by atoms with E-state index in [0.717, 1.165) is 28.1 Å². The molecule has 0 radical (unpaired) electrons. The molecule has 4 aromatic rings. The molecular formula is C34H37N9O3S3. The van der Waals surface area contributed by atoms with E-state index in [-0.39, 0.29) is 23.5 Å². The highest BCUT2D eigenvalue weighted by atomic mass is 32.2. The Balaban J connectivity index is 1.18. The monoisotopic (exact) mass is 715 g/mol. The number of nitrogens with two attached hydrogens (primary N) is 2. The second-order valence-corrected chi connectivity index (χ2v) is 13.9. The van der Waals surface area contributed by atoms with Gasteiger partial charge in [-0.05, 0) is 30.7 Å². The molecule has 2 heterocycles. The maximum atomic E-state index is 14.1. The molecule has 0 aliphatic carbocycles. The number of nitrogens with one attached hydrogen (secondary N) is 3. The van der Waals surface area contributed by atoms with Crippen molar-refractivity contribution in [2.75, 3.05) is 40.6 Å². The van der Waals surface area contributed by atoms with E-state index < -0.39 is 12.2 Å². The number of hydrogen-bond donors (Lipinski definition) is 5. The fourth-order valence-corrected chi connectivity index (χ4v) is 7.23. The van der Waals surface area contributed by atoms with Crippen LogP contribution in [0.25, 0.3) is 0 Å². The van der Waals surface area contributed by atoms with Crippen molar-refractivity contribution >= 4 is 80.9 Å². The van der Waals surface area contributed by atoms with E-state index in [0.29, 0.717) is 46.8 Å². The zero-order valence-electron chi connectivity index (χ0n) is 26.8. The largest absolute Gasteiger partial charge is 0.370 e. The summed E-state index contributed by atoms with van der Waals surface area (Å²) in [6, 6.07) is 24.0. The first-order valence-electron chi connectivity index (χ1n) is 15.4. The first kappa shape index (κ1) is 35.4. The number of fused-ring (bicyclic) bond motifs is 1. The predicted octanol–water partition coefficient (Wildman–Crippen LogP) is 4.47. The van der Waals surface area contributed by atoms with Gasteiger partial charge in [0, 0.05) is 52.5 Å². The minimum Gasteiger partial charge on any atom is -0.370 e. The number of amides is 4. The Morgan fingerprint density at radius 3 is 2.59 bits per heavy atom. The van der Waals surface area contributed by atoms with Gasteiger partial charge in [0.2, 0.25) is 17.2 Å². The average Bonchev–Trinajstić information content (AvgIpc) is 3.48. The lowest BCUT2D eigenvalue weighted by molar-refractivity contribution is -0.120. The minimum absolute atomic E-state index is 0.0250. The number of anilines is 2. The van der Waals surface area contributed by atoms with Crippen molar-refractivity contribution in [3.05, 3.63) is 107 Å². The van der Waals surface area contributed by atoms with Crippen molar-refractivity contribution in [1.29, 1.82) is 0 Å². The molecule has 0 saturated heterocycles. The molecule has 0 saturated carbocycles. The van der Waals surface area contributed by atoms with Gasteiger partial charge in [0.25, 0.3) is 5.91 Å². The van der Waals surface area contributed by atoms with Gasteiger partial charge >= 0.3 is 6.03 Å². The lowest BCUT2D eigenvalue weighted by Crippen LogP contribution is -2.49. The van der Waals surface area contributed by atoms with Gasteiger partial charge < -0.3 is 32.3 Å². The summed E-state index contributed by atoms with van der Waals surface area (Å²) in [6.45, 7) is 2.77. The van der Waals surface area contributed by atoms with E-state index >= 15 is 0 Å². The van der Waals surface area contributed by atoms with Crippen LogP contribution in [0.2, 0.25) is 0 Å². The topological polar surface area (TPSA) is 180 Å². The third-order valence-electron chi connectivity index (χ3n) is 7.07. The van der Waals surface area contributed by atoms with E-state index in [1.165, 1.54) is 23.1 Å². The number of aromatic nitrogens is 1. The van der Waals surface area contributed by atoms with E-state index in [1.54, 1.807) is 22.7 Å². The highest BCUT2D eigenvalue weighted by molar-refractivity contribution is 8.00. The van der Waals surface area contributed by atoms with Crippen LogP contribution in [0, 0.1) is 6.92 Å². The number of carbonyl (C=O) groups is 3. The number of hydrogen-bond acceptors (Lipinski definition) is 9. The molecule has 1 atom stereocenters. The van der Waals surface area contributed by atoms with Crippen LogP contribution < -0.4 is 32.3 Å². The maximum absolute atomic E-state index is 14.1. The van der Waals surface area contributed by atoms with Gasteiger partial charge in [0.15, 0.2) is 5.96 Å². The van der Waals surface area contributed by atoms with Crippen molar-refractivity contribution in [3.8, 4) is 0 Å². The fourth-order valence-electron chi connectivity index (χ4n) is 4.93. The SMILES string of the molecule is Cc1cccc(NC(=O)NC2N=C(c3ccccc3)c3ccccc3N(CCSCC(=O)NCCSCc3csc(N=C(N)N)n3)C2=O)c1. The van der Waals surface area contributed by atoms with E-state index in [9.17, 15) is 14.4 Å². The lowest BCUT2D eigenvalue weighted by atomic mass is 10.0. The summed E-state index contributed by atoms with van der Waals surface area (Å²) in [5.41, 5.74) is 16.2. The van der Waals surface area contributed by atoms with Crippen LogP contribution in [0.15, 0.2) is 94.2 Å². The molecule has 0 bridgehead atoms. The van der Waals surface area contributed by atoms with E-state index in [4.69, 9.17) is 16.5 Å². The molecule has 1 aromatic heterocycles. The van der Waals surface area contributed by atoms with Gasteiger partial charge in [-0.3, -0.25) is 9.59 Å². The number of urea groups is 1. The Morgan fingerprint density at radius 2 is 1.80 bits per heavy atom. The Labute approximate surface area is 297 Å². The molecule has 0 spiro atoms. The Morgan fingerprint density at radius 1 is 1.00 bits per heavy atom. The summed E-state index contributed by atoms with van der Waals surface area (Å²) in [5.74, 6) is 1.67. The zero-order chi connectivity index (χ0) is 34.6. The van der Waals surface area contributed by atoms with Crippen LogP contribution in [-0.2, 0) is 15.3 Å².